The summed E-state index contributed by atoms with van der Waals surface area (Å²) in [5, 5.41) is 11.6. The molecule has 1 saturated heterocycles. The molecule has 1 fully saturated rings. The number of urea groups is 1. The molecule has 2 amide bonds. The second-order valence-electron chi connectivity index (χ2n) is 5.01. The van der Waals surface area contributed by atoms with Gasteiger partial charge in [0.1, 0.15) is 0 Å². The molecule has 19 heavy (non-hydrogen) atoms. The first-order valence-electron chi connectivity index (χ1n) is 7.03. The van der Waals surface area contributed by atoms with Crippen molar-refractivity contribution in [2.45, 2.75) is 39.2 Å². The molecule has 0 bridgehead atoms. The zero-order valence-corrected chi connectivity index (χ0v) is 11.9. The van der Waals surface area contributed by atoms with Gasteiger partial charge >= 0.3 is 12.0 Å². The van der Waals surface area contributed by atoms with E-state index in [0.29, 0.717) is 13.1 Å². The zero-order chi connectivity index (χ0) is 14.3. The van der Waals surface area contributed by atoms with Crippen LogP contribution < -0.4 is 5.32 Å². The minimum atomic E-state index is -0.879. The van der Waals surface area contributed by atoms with Gasteiger partial charge in [-0.2, -0.15) is 0 Å². The molecule has 1 atom stereocenters. The van der Waals surface area contributed by atoms with Crippen LogP contribution in [0.5, 0.6) is 0 Å². The molecule has 1 unspecified atom stereocenters. The molecule has 0 aromatic carbocycles. The fourth-order valence-corrected chi connectivity index (χ4v) is 2.45. The monoisotopic (exact) mass is 271 g/mol. The van der Waals surface area contributed by atoms with E-state index < -0.39 is 5.97 Å². The molecule has 1 aliphatic rings. The van der Waals surface area contributed by atoms with Crippen LogP contribution in [0.15, 0.2) is 0 Å². The first kappa shape index (κ1) is 15.8. The SMILES string of the molecule is CCN(C(=O)NCCN1CCCC1)C(C)CC(=O)O. The van der Waals surface area contributed by atoms with E-state index in [1.54, 1.807) is 11.8 Å². The largest absolute Gasteiger partial charge is 0.481 e. The second kappa shape index (κ2) is 7.99. The van der Waals surface area contributed by atoms with E-state index in [2.05, 4.69) is 10.2 Å². The quantitative estimate of drug-likeness (QED) is 0.724. The maximum absolute atomic E-state index is 12.0. The van der Waals surface area contributed by atoms with Crippen molar-refractivity contribution in [3.05, 3.63) is 0 Å². The van der Waals surface area contributed by atoms with Gasteiger partial charge in [0.15, 0.2) is 0 Å². The number of hydrogen-bond donors (Lipinski definition) is 2. The molecule has 0 saturated carbocycles. The highest BCUT2D eigenvalue weighted by atomic mass is 16.4. The van der Waals surface area contributed by atoms with E-state index in [9.17, 15) is 9.59 Å². The lowest BCUT2D eigenvalue weighted by Crippen LogP contribution is -2.47. The maximum atomic E-state index is 12.0. The fourth-order valence-electron chi connectivity index (χ4n) is 2.45. The molecule has 0 spiro atoms. The van der Waals surface area contributed by atoms with Crippen molar-refractivity contribution < 1.29 is 14.7 Å². The zero-order valence-electron chi connectivity index (χ0n) is 11.9. The predicted molar refractivity (Wildman–Crippen MR) is 73.2 cm³/mol. The average molecular weight is 271 g/mol. The Morgan fingerprint density at radius 1 is 1.37 bits per heavy atom. The van der Waals surface area contributed by atoms with Crippen molar-refractivity contribution in [1.29, 1.82) is 0 Å². The van der Waals surface area contributed by atoms with Crippen molar-refractivity contribution >= 4 is 12.0 Å². The molecule has 0 aromatic heterocycles. The number of likely N-dealkylation sites (tertiary alicyclic amines) is 1. The van der Waals surface area contributed by atoms with Gasteiger partial charge in [-0.15, -0.1) is 0 Å². The Balaban J connectivity index is 2.29. The Labute approximate surface area is 114 Å². The van der Waals surface area contributed by atoms with Crippen LogP contribution in [0.2, 0.25) is 0 Å². The van der Waals surface area contributed by atoms with Crippen LogP contribution in [-0.2, 0) is 4.79 Å². The molecule has 6 heteroatoms. The number of carboxylic acid groups (broad SMARTS) is 1. The lowest BCUT2D eigenvalue weighted by atomic mass is 10.2. The molecular formula is C13H25N3O3. The third kappa shape index (κ3) is 5.46. The standard InChI is InChI=1S/C13H25N3O3/c1-3-16(11(2)10-12(17)18)13(19)14-6-9-15-7-4-5-8-15/h11H,3-10H2,1-2H3,(H,14,19)(H,17,18). The molecule has 1 rings (SSSR count). The van der Waals surface area contributed by atoms with Gasteiger partial charge in [0.2, 0.25) is 0 Å². The van der Waals surface area contributed by atoms with E-state index in [-0.39, 0.29) is 18.5 Å². The van der Waals surface area contributed by atoms with Gasteiger partial charge in [-0.25, -0.2) is 4.79 Å². The summed E-state index contributed by atoms with van der Waals surface area (Å²) in [6.45, 7) is 7.86. The fraction of sp³-hybridized carbons (Fsp3) is 0.846. The summed E-state index contributed by atoms with van der Waals surface area (Å²) in [5.41, 5.74) is 0. The summed E-state index contributed by atoms with van der Waals surface area (Å²) < 4.78 is 0. The van der Waals surface area contributed by atoms with Crippen molar-refractivity contribution in [2.75, 3.05) is 32.7 Å². The number of nitrogens with one attached hydrogen (secondary N) is 1. The van der Waals surface area contributed by atoms with Gasteiger partial charge in [-0.05, 0) is 39.8 Å². The topological polar surface area (TPSA) is 72.9 Å². The van der Waals surface area contributed by atoms with E-state index in [1.807, 2.05) is 6.92 Å². The van der Waals surface area contributed by atoms with Crippen LogP contribution >= 0.6 is 0 Å². The van der Waals surface area contributed by atoms with Gasteiger partial charge in [0, 0.05) is 25.7 Å². The molecule has 2 N–H and O–H groups in total. The predicted octanol–water partition coefficient (Wildman–Crippen LogP) is 0.977. The molecule has 110 valence electrons. The van der Waals surface area contributed by atoms with Gasteiger partial charge in [0.25, 0.3) is 0 Å². The number of carboxylic acids is 1. The van der Waals surface area contributed by atoms with E-state index in [4.69, 9.17) is 5.11 Å². The van der Waals surface area contributed by atoms with E-state index in [0.717, 1.165) is 19.6 Å². The van der Waals surface area contributed by atoms with Crippen LogP contribution in [0.25, 0.3) is 0 Å². The van der Waals surface area contributed by atoms with Gasteiger partial charge in [-0.3, -0.25) is 4.79 Å². The Morgan fingerprint density at radius 3 is 2.53 bits per heavy atom. The van der Waals surface area contributed by atoms with Crippen LogP contribution in [0.3, 0.4) is 0 Å². The average Bonchev–Trinajstić information content (AvgIpc) is 2.82. The Bertz CT molecular complexity index is 304. The van der Waals surface area contributed by atoms with Gasteiger partial charge in [-0.1, -0.05) is 0 Å². The molecule has 1 heterocycles. The first-order valence-corrected chi connectivity index (χ1v) is 7.03. The molecule has 1 aliphatic heterocycles. The van der Waals surface area contributed by atoms with Crippen molar-refractivity contribution in [3.8, 4) is 0 Å². The number of amides is 2. The minimum Gasteiger partial charge on any atom is -0.481 e. The highest BCUT2D eigenvalue weighted by molar-refractivity contribution is 5.75. The summed E-state index contributed by atoms with van der Waals surface area (Å²) in [6.07, 6.45) is 2.46. The smallest absolute Gasteiger partial charge is 0.317 e. The molecule has 0 aromatic rings. The Morgan fingerprint density at radius 2 is 2.00 bits per heavy atom. The summed E-state index contributed by atoms with van der Waals surface area (Å²) in [7, 11) is 0. The third-order valence-corrected chi connectivity index (χ3v) is 3.51. The van der Waals surface area contributed by atoms with E-state index in [1.165, 1.54) is 12.8 Å². The summed E-state index contributed by atoms with van der Waals surface area (Å²) in [6, 6.07) is -0.454. The van der Waals surface area contributed by atoms with Gasteiger partial charge in [0.05, 0.1) is 6.42 Å². The van der Waals surface area contributed by atoms with Crippen LogP contribution in [0, 0.1) is 0 Å². The second-order valence-corrected chi connectivity index (χ2v) is 5.01. The van der Waals surface area contributed by atoms with Crippen molar-refractivity contribution in [1.82, 2.24) is 15.1 Å². The van der Waals surface area contributed by atoms with Crippen molar-refractivity contribution in [2.24, 2.45) is 0 Å². The number of aliphatic carboxylic acids is 1. The number of hydrogen-bond acceptors (Lipinski definition) is 3. The summed E-state index contributed by atoms with van der Waals surface area (Å²) >= 11 is 0. The summed E-state index contributed by atoms with van der Waals surface area (Å²) in [5.74, 6) is -0.879. The summed E-state index contributed by atoms with van der Waals surface area (Å²) in [4.78, 5) is 26.5. The third-order valence-electron chi connectivity index (χ3n) is 3.51. The van der Waals surface area contributed by atoms with Crippen molar-refractivity contribution in [3.63, 3.8) is 0 Å². The van der Waals surface area contributed by atoms with Crippen LogP contribution in [0.1, 0.15) is 33.1 Å². The number of rotatable bonds is 7. The lowest BCUT2D eigenvalue weighted by Gasteiger charge is -2.27. The van der Waals surface area contributed by atoms with Gasteiger partial charge < -0.3 is 20.2 Å². The van der Waals surface area contributed by atoms with E-state index >= 15 is 0 Å². The minimum absolute atomic E-state index is 0.0205. The molecule has 0 aliphatic carbocycles. The number of carbonyl (C=O) groups is 2. The highest BCUT2D eigenvalue weighted by Gasteiger charge is 2.20. The first-order chi connectivity index (χ1) is 9.04. The normalized spacial score (nSPS) is 17.2. The Hall–Kier alpha value is -1.30. The number of nitrogens with zero attached hydrogens (tertiary/aromatic N) is 2. The highest BCUT2D eigenvalue weighted by Crippen LogP contribution is 2.06. The molecule has 6 nitrogen and oxygen atoms in total. The lowest BCUT2D eigenvalue weighted by molar-refractivity contribution is -0.138. The van der Waals surface area contributed by atoms with Crippen LogP contribution in [0.4, 0.5) is 4.79 Å². The van der Waals surface area contributed by atoms with Crippen LogP contribution in [-0.4, -0.2) is 65.7 Å². The number of carbonyl (C=O) groups excluding carboxylic acids is 1. The Kier molecular flexibility index (Phi) is 6.62. The molecule has 0 radical (unpaired) electrons. The maximum Gasteiger partial charge on any atom is 0.317 e. The molecular weight excluding hydrogens is 246 g/mol.